The third-order valence-electron chi connectivity index (χ3n) is 3.58. The first-order chi connectivity index (χ1) is 9.27. The summed E-state index contributed by atoms with van der Waals surface area (Å²) in [5, 5.41) is 11.7. The van der Waals surface area contributed by atoms with Crippen LogP contribution in [0.15, 0.2) is 18.2 Å². The molecule has 108 valence electrons. The predicted octanol–water partition coefficient (Wildman–Crippen LogP) is 2.07. The van der Waals surface area contributed by atoms with Crippen LogP contribution in [0.2, 0.25) is 0 Å². The summed E-state index contributed by atoms with van der Waals surface area (Å²) < 4.78 is 0. The number of carbonyl (C=O) groups excluding carboxylic acids is 1. The minimum atomic E-state index is -0.814. The van der Waals surface area contributed by atoms with Gasteiger partial charge in [-0.1, -0.05) is 26.0 Å². The quantitative estimate of drug-likeness (QED) is 0.767. The molecule has 0 fully saturated rings. The monoisotopic (exact) mass is 276 g/mol. The highest BCUT2D eigenvalue weighted by molar-refractivity contribution is 5.99. The van der Waals surface area contributed by atoms with E-state index < -0.39 is 5.97 Å². The van der Waals surface area contributed by atoms with Crippen LogP contribution >= 0.6 is 0 Å². The van der Waals surface area contributed by atoms with Gasteiger partial charge in [0.05, 0.1) is 12.8 Å². The molecule has 0 saturated heterocycles. The molecule has 0 bridgehead atoms. The SMILES string of the molecule is CC(C)(CC(=O)O)CC(N)c1ccc2c(c1)CC(=O)N2. The summed E-state index contributed by atoms with van der Waals surface area (Å²) in [6, 6.07) is 5.46. The van der Waals surface area contributed by atoms with Crippen molar-refractivity contribution in [3.8, 4) is 0 Å². The second-order valence-corrected chi connectivity index (χ2v) is 6.19. The average molecular weight is 276 g/mol. The molecular formula is C15H20N2O3. The van der Waals surface area contributed by atoms with Gasteiger partial charge in [0.1, 0.15) is 0 Å². The van der Waals surface area contributed by atoms with Crippen molar-refractivity contribution in [2.45, 2.75) is 39.2 Å². The van der Waals surface area contributed by atoms with Crippen LogP contribution in [0.3, 0.4) is 0 Å². The van der Waals surface area contributed by atoms with Crippen molar-refractivity contribution in [3.63, 3.8) is 0 Å². The maximum absolute atomic E-state index is 11.3. The van der Waals surface area contributed by atoms with E-state index in [2.05, 4.69) is 5.32 Å². The van der Waals surface area contributed by atoms with Crippen molar-refractivity contribution in [2.75, 3.05) is 5.32 Å². The van der Waals surface area contributed by atoms with Gasteiger partial charge in [-0.15, -0.1) is 0 Å². The van der Waals surface area contributed by atoms with Crippen molar-refractivity contribution in [3.05, 3.63) is 29.3 Å². The van der Waals surface area contributed by atoms with E-state index in [4.69, 9.17) is 10.8 Å². The molecule has 1 aromatic carbocycles. The van der Waals surface area contributed by atoms with Crippen LogP contribution in [0.5, 0.6) is 0 Å². The molecule has 1 unspecified atom stereocenters. The highest BCUT2D eigenvalue weighted by Gasteiger charge is 2.26. The Bertz CT molecular complexity index is 552. The molecule has 1 aliphatic heterocycles. The van der Waals surface area contributed by atoms with Crippen LogP contribution in [-0.4, -0.2) is 17.0 Å². The molecule has 4 N–H and O–H groups in total. The first-order valence-electron chi connectivity index (χ1n) is 6.67. The summed E-state index contributed by atoms with van der Waals surface area (Å²) in [4.78, 5) is 22.2. The number of carbonyl (C=O) groups is 2. The zero-order valence-corrected chi connectivity index (χ0v) is 11.8. The van der Waals surface area contributed by atoms with Crippen LogP contribution in [0.1, 0.15) is 43.9 Å². The molecule has 5 nitrogen and oxygen atoms in total. The van der Waals surface area contributed by atoms with Crippen LogP contribution in [0, 0.1) is 5.41 Å². The summed E-state index contributed by atoms with van der Waals surface area (Å²) in [6.07, 6.45) is 1.06. The molecule has 0 aliphatic carbocycles. The van der Waals surface area contributed by atoms with Crippen molar-refractivity contribution in [1.29, 1.82) is 0 Å². The molecule has 0 saturated carbocycles. The van der Waals surface area contributed by atoms with Gasteiger partial charge < -0.3 is 16.2 Å². The Kier molecular flexibility index (Phi) is 3.81. The topological polar surface area (TPSA) is 92.4 Å². The fourth-order valence-electron chi connectivity index (χ4n) is 2.67. The minimum absolute atomic E-state index is 0.00284. The Hall–Kier alpha value is -1.88. The summed E-state index contributed by atoms with van der Waals surface area (Å²) in [6.45, 7) is 3.80. The molecule has 1 aliphatic rings. The normalized spacial score (nSPS) is 15.7. The molecule has 1 heterocycles. The van der Waals surface area contributed by atoms with Crippen molar-refractivity contribution in [2.24, 2.45) is 11.1 Å². The number of carboxylic acids is 1. The van der Waals surface area contributed by atoms with Gasteiger partial charge >= 0.3 is 5.97 Å². The van der Waals surface area contributed by atoms with Crippen molar-refractivity contribution < 1.29 is 14.7 Å². The number of nitrogens with one attached hydrogen (secondary N) is 1. The molecule has 1 aromatic rings. The Morgan fingerprint density at radius 2 is 2.20 bits per heavy atom. The molecule has 1 amide bonds. The third-order valence-corrected chi connectivity index (χ3v) is 3.58. The van der Waals surface area contributed by atoms with E-state index in [1.165, 1.54) is 0 Å². The first-order valence-corrected chi connectivity index (χ1v) is 6.67. The van der Waals surface area contributed by atoms with E-state index >= 15 is 0 Å². The van der Waals surface area contributed by atoms with Gasteiger partial charge in [0.15, 0.2) is 0 Å². The molecule has 0 spiro atoms. The lowest BCUT2D eigenvalue weighted by molar-refractivity contribution is -0.139. The Labute approximate surface area is 118 Å². The van der Waals surface area contributed by atoms with Crippen LogP contribution < -0.4 is 11.1 Å². The number of rotatable bonds is 5. The fraction of sp³-hybridized carbons (Fsp3) is 0.467. The Balaban J connectivity index is 2.10. The Morgan fingerprint density at radius 1 is 1.50 bits per heavy atom. The second kappa shape index (κ2) is 5.25. The number of aliphatic carboxylic acids is 1. The van der Waals surface area contributed by atoms with E-state index in [1.54, 1.807) is 0 Å². The molecule has 0 radical (unpaired) electrons. The van der Waals surface area contributed by atoms with Gasteiger partial charge in [0.25, 0.3) is 0 Å². The molecule has 0 aromatic heterocycles. The molecule has 1 atom stereocenters. The van der Waals surface area contributed by atoms with Gasteiger partial charge in [-0.25, -0.2) is 0 Å². The van der Waals surface area contributed by atoms with Crippen molar-refractivity contribution >= 4 is 17.6 Å². The number of carboxylic acid groups (broad SMARTS) is 1. The van der Waals surface area contributed by atoms with E-state index in [0.717, 1.165) is 16.8 Å². The highest BCUT2D eigenvalue weighted by Crippen LogP contribution is 2.33. The maximum atomic E-state index is 11.3. The lowest BCUT2D eigenvalue weighted by Gasteiger charge is -2.26. The smallest absolute Gasteiger partial charge is 0.303 e. The standard InChI is InChI=1S/C15H20N2O3/c1-15(2,8-14(19)20)7-11(16)9-3-4-12-10(5-9)6-13(18)17-12/h3-5,11H,6-8,16H2,1-2H3,(H,17,18)(H,19,20). The lowest BCUT2D eigenvalue weighted by Crippen LogP contribution is -2.24. The van der Waals surface area contributed by atoms with E-state index in [9.17, 15) is 9.59 Å². The summed E-state index contributed by atoms with van der Waals surface area (Å²) in [5.74, 6) is -0.817. The largest absolute Gasteiger partial charge is 0.481 e. The Morgan fingerprint density at radius 3 is 2.85 bits per heavy atom. The number of hydrogen-bond acceptors (Lipinski definition) is 3. The molecule has 2 rings (SSSR count). The van der Waals surface area contributed by atoms with Gasteiger partial charge in [0, 0.05) is 11.7 Å². The maximum Gasteiger partial charge on any atom is 0.303 e. The van der Waals surface area contributed by atoms with Gasteiger partial charge in [-0.3, -0.25) is 9.59 Å². The van der Waals surface area contributed by atoms with E-state index in [0.29, 0.717) is 12.8 Å². The highest BCUT2D eigenvalue weighted by atomic mass is 16.4. The number of anilines is 1. The zero-order valence-electron chi connectivity index (χ0n) is 11.8. The molecule has 5 heteroatoms. The summed E-state index contributed by atoms with van der Waals surface area (Å²) in [5.41, 5.74) is 8.57. The number of hydrogen-bond donors (Lipinski definition) is 3. The lowest BCUT2D eigenvalue weighted by atomic mass is 9.81. The first kappa shape index (κ1) is 14.5. The average Bonchev–Trinajstić information content (AvgIpc) is 2.64. The van der Waals surface area contributed by atoms with Crippen molar-refractivity contribution in [1.82, 2.24) is 0 Å². The number of nitrogens with two attached hydrogens (primary N) is 1. The number of benzene rings is 1. The van der Waals surface area contributed by atoms with Crippen LogP contribution in [-0.2, 0) is 16.0 Å². The second-order valence-electron chi connectivity index (χ2n) is 6.19. The fourth-order valence-corrected chi connectivity index (χ4v) is 2.67. The molecule has 20 heavy (non-hydrogen) atoms. The van der Waals surface area contributed by atoms with Gasteiger partial charge in [0.2, 0.25) is 5.91 Å². The van der Waals surface area contributed by atoms with Crippen LogP contribution in [0.25, 0.3) is 0 Å². The molecular weight excluding hydrogens is 256 g/mol. The van der Waals surface area contributed by atoms with Gasteiger partial charge in [-0.05, 0) is 29.0 Å². The van der Waals surface area contributed by atoms with E-state index in [-0.39, 0.29) is 23.8 Å². The number of amides is 1. The van der Waals surface area contributed by atoms with Gasteiger partial charge in [-0.2, -0.15) is 0 Å². The summed E-state index contributed by atoms with van der Waals surface area (Å²) >= 11 is 0. The number of fused-ring (bicyclic) bond motifs is 1. The zero-order chi connectivity index (χ0) is 14.9. The third kappa shape index (κ3) is 3.36. The van der Waals surface area contributed by atoms with E-state index in [1.807, 2.05) is 32.0 Å². The predicted molar refractivity (Wildman–Crippen MR) is 76.4 cm³/mol. The van der Waals surface area contributed by atoms with Crippen LogP contribution in [0.4, 0.5) is 5.69 Å². The summed E-state index contributed by atoms with van der Waals surface area (Å²) in [7, 11) is 0. The minimum Gasteiger partial charge on any atom is -0.481 e.